The fourth-order valence-electron chi connectivity index (χ4n) is 3.26. The molecule has 0 radical (unpaired) electrons. The molecule has 2 amide bonds. The highest BCUT2D eigenvalue weighted by Crippen LogP contribution is 2.30. The highest BCUT2D eigenvalue weighted by molar-refractivity contribution is 7.99. The third-order valence-corrected chi connectivity index (χ3v) is 5.87. The molecule has 1 heterocycles. The van der Waals surface area contributed by atoms with Gasteiger partial charge in [0.2, 0.25) is 11.8 Å². The lowest BCUT2D eigenvalue weighted by Gasteiger charge is -2.11. The first-order valence-electron chi connectivity index (χ1n) is 10.7. The number of carbonyl (C=O) groups excluding carboxylic acids is 2. The summed E-state index contributed by atoms with van der Waals surface area (Å²) in [6.45, 7) is 6.03. The first-order valence-corrected chi connectivity index (χ1v) is 11.7. The second-order valence-electron chi connectivity index (χ2n) is 7.45. The molecule has 3 aromatic rings. The van der Waals surface area contributed by atoms with E-state index in [-0.39, 0.29) is 23.8 Å². The second kappa shape index (κ2) is 11.7. The Hall–Kier alpha value is -3.60. The lowest BCUT2D eigenvalue weighted by Crippen LogP contribution is -2.19. The predicted molar refractivity (Wildman–Crippen MR) is 129 cm³/mol. The number of aryl methyl sites for hydroxylation is 1. The molecule has 1 aromatic heterocycles. The average molecular weight is 504 g/mol. The van der Waals surface area contributed by atoms with E-state index in [1.165, 1.54) is 12.1 Å². The van der Waals surface area contributed by atoms with E-state index in [0.29, 0.717) is 17.5 Å². The summed E-state index contributed by atoms with van der Waals surface area (Å²) in [5.41, 5.74) is 0.938. The molecule has 3 rings (SSSR count). The van der Waals surface area contributed by atoms with Gasteiger partial charge in [0.05, 0.1) is 17.7 Å². The van der Waals surface area contributed by atoms with Gasteiger partial charge in [0, 0.05) is 17.9 Å². The van der Waals surface area contributed by atoms with Crippen LogP contribution in [0.5, 0.6) is 0 Å². The maximum absolute atomic E-state index is 12.9. The summed E-state index contributed by atoms with van der Waals surface area (Å²) in [4.78, 5) is 24.9. The van der Waals surface area contributed by atoms with Crippen LogP contribution in [0, 0.1) is 0 Å². The van der Waals surface area contributed by atoms with Gasteiger partial charge in [0.15, 0.2) is 5.16 Å². The number of hydrogen-bond donors (Lipinski definition) is 2. The van der Waals surface area contributed by atoms with Crippen LogP contribution < -0.4 is 10.6 Å². The normalized spacial score (nSPS) is 11.2. The molecule has 0 spiro atoms. The molecule has 0 aliphatic heterocycles. The Morgan fingerprint density at radius 3 is 2.57 bits per heavy atom. The standard InChI is InChI=1S/C24H24F3N5O2S/c1-3-12-32-20(14-21(33)29-19-11-6-5-8-16(19)4-2)30-31-23(32)35-15-22(34)28-18-10-7-9-17(13-18)24(25,26)27/h3,5-11,13H,1,4,12,14-15H2,2H3,(H,28,34)(H,29,33). The van der Waals surface area contributed by atoms with Crippen LogP contribution >= 0.6 is 11.8 Å². The van der Waals surface area contributed by atoms with E-state index in [1.54, 1.807) is 10.6 Å². The molecule has 184 valence electrons. The number of amides is 2. The quantitative estimate of drug-likeness (QED) is 0.302. The zero-order valence-corrected chi connectivity index (χ0v) is 19.7. The molecule has 35 heavy (non-hydrogen) atoms. The molecular formula is C24H24F3N5O2S. The number of nitrogens with zero attached hydrogens (tertiary/aromatic N) is 3. The van der Waals surface area contributed by atoms with E-state index in [4.69, 9.17) is 0 Å². The van der Waals surface area contributed by atoms with Crippen LogP contribution in [0.1, 0.15) is 23.9 Å². The third kappa shape index (κ3) is 7.19. The Bertz CT molecular complexity index is 1210. The van der Waals surface area contributed by atoms with Crippen molar-refractivity contribution in [2.75, 3.05) is 16.4 Å². The molecule has 0 aliphatic carbocycles. The topological polar surface area (TPSA) is 88.9 Å². The highest BCUT2D eigenvalue weighted by Gasteiger charge is 2.30. The summed E-state index contributed by atoms with van der Waals surface area (Å²) >= 11 is 1.06. The zero-order valence-electron chi connectivity index (χ0n) is 18.9. The minimum absolute atomic E-state index is 0.0319. The van der Waals surface area contributed by atoms with Gasteiger partial charge in [0.1, 0.15) is 5.82 Å². The zero-order chi connectivity index (χ0) is 25.4. The van der Waals surface area contributed by atoms with Gasteiger partial charge >= 0.3 is 6.18 Å². The van der Waals surface area contributed by atoms with E-state index < -0.39 is 17.6 Å². The van der Waals surface area contributed by atoms with Crippen LogP contribution in [0.15, 0.2) is 66.3 Å². The van der Waals surface area contributed by atoms with E-state index in [1.807, 2.05) is 31.2 Å². The van der Waals surface area contributed by atoms with Crippen molar-refractivity contribution in [3.05, 3.63) is 78.1 Å². The van der Waals surface area contributed by atoms with Crippen molar-refractivity contribution in [3.8, 4) is 0 Å². The molecule has 2 N–H and O–H groups in total. The Morgan fingerprint density at radius 1 is 1.09 bits per heavy atom. The first-order chi connectivity index (χ1) is 16.7. The van der Waals surface area contributed by atoms with Crippen LogP contribution in [-0.4, -0.2) is 32.3 Å². The van der Waals surface area contributed by atoms with Crippen molar-refractivity contribution in [2.24, 2.45) is 0 Å². The lowest BCUT2D eigenvalue weighted by atomic mass is 10.1. The number of rotatable bonds is 10. The summed E-state index contributed by atoms with van der Waals surface area (Å²) in [6, 6.07) is 11.9. The number of anilines is 2. The van der Waals surface area contributed by atoms with Crippen molar-refractivity contribution >= 4 is 35.0 Å². The van der Waals surface area contributed by atoms with Gasteiger partial charge in [-0.3, -0.25) is 9.59 Å². The summed E-state index contributed by atoms with van der Waals surface area (Å²) in [7, 11) is 0. The van der Waals surface area contributed by atoms with E-state index in [0.717, 1.165) is 41.6 Å². The second-order valence-corrected chi connectivity index (χ2v) is 8.39. The Kier molecular flexibility index (Phi) is 8.69. The number of thioether (sulfide) groups is 1. The number of halogens is 3. The van der Waals surface area contributed by atoms with Gasteiger partial charge < -0.3 is 15.2 Å². The molecule has 7 nitrogen and oxygen atoms in total. The number of para-hydroxylation sites is 1. The number of alkyl halides is 3. The van der Waals surface area contributed by atoms with Crippen LogP contribution in [0.4, 0.5) is 24.5 Å². The smallest absolute Gasteiger partial charge is 0.325 e. The number of allylic oxidation sites excluding steroid dienone is 1. The van der Waals surface area contributed by atoms with Crippen molar-refractivity contribution in [3.63, 3.8) is 0 Å². The molecule has 11 heteroatoms. The first kappa shape index (κ1) is 26.0. The van der Waals surface area contributed by atoms with E-state index >= 15 is 0 Å². The fourth-order valence-corrected chi connectivity index (χ4v) is 4.02. The molecule has 0 fully saturated rings. The van der Waals surface area contributed by atoms with Crippen LogP contribution in [0.3, 0.4) is 0 Å². The Labute approximate surface area is 204 Å². The number of aromatic nitrogens is 3. The molecular weight excluding hydrogens is 479 g/mol. The summed E-state index contributed by atoms with van der Waals surface area (Å²) in [6.07, 6.45) is -2.15. The van der Waals surface area contributed by atoms with Gasteiger partial charge in [-0.2, -0.15) is 13.2 Å². The number of carbonyl (C=O) groups is 2. The van der Waals surface area contributed by atoms with Crippen molar-refractivity contribution < 1.29 is 22.8 Å². The highest BCUT2D eigenvalue weighted by atomic mass is 32.2. The average Bonchev–Trinajstić information content (AvgIpc) is 3.19. The van der Waals surface area contributed by atoms with Gasteiger partial charge in [-0.05, 0) is 36.2 Å². The fraction of sp³-hybridized carbons (Fsp3) is 0.250. The summed E-state index contributed by atoms with van der Waals surface area (Å²) < 4.78 is 40.3. The predicted octanol–water partition coefficient (Wildman–Crippen LogP) is 4.96. The molecule has 0 saturated carbocycles. The van der Waals surface area contributed by atoms with Crippen molar-refractivity contribution in [1.29, 1.82) is 0 Å². The lowest BCUT2D eigenvalue weighted by molar-refractivity contribution is -0.137. The molecule has 0 bridgehead atoms. The maximum Gasteiger partial charge on any atom is 0.416 e. The maximum atomic E-state index is 12.9. The molecule has 0 aliphatic rings. The minimum Gasteiger partial charge on any atom is -0.325 e. The molecule has 0 saturated heterocycles. The van der Waals surface area contributed by atoms with Crippen molar-refractivity contribution in [1.82, 2.24) is 14.8 Å². The Balaban J connectivity index is 1.63. The third-order valence-electron chi connectivity index (χ3n) is 4.90. The Morgan fingerprint density at radius 2 is 1.86 bits per heavy atom. The van der Waals surface area contributed by atoms with Crippen LogP contribution in [0.25, 0.3) is 0 Å². The molecule has 2 aromatic carbocycles. The van der Waals surface area contributed by atoms with Crippen molar-refractivity contribution in [2.45, 2.75) is 37.6 Å². The monoisotopic (exact) mass is 503 g/mol. The summed E-state index contributed by atoms with van der Waals surface area (Å²) in [5.74, 6) is -0.473. The SMILES string of the molecule is C=CCn1c(CC(=O)Nc2ccccc2CC)nnc1SCC(=O)Nc1cccc(C(F)(F)F)c1. The molecule has 0 unspecified atom stereocenters. The number of hydrogen-bond acceptors (Lipinski definition) is 5. The molecule has 0 atom stereocenters. The van der Waals surface area contributed by atoms with Crippen LogP contribution in [0.2, 0.25) is 0 Å². The number of nitrogens with one attached hydrogen (secondary N) is 2. The number of benzene rings is 2. The largest absolute Gasteiger partial charge is 0.416 e. The minimum atomic E-state index is -4.50. The van der Waals surface area contributed by atoms with E-state index in [2.05, 4.69) is 27.4 Å². The van der Waals surface area contributed by atoms with Gasteiger partial charge in [0.25, 0.3) is 0 Å². The van der Waals surface area contributed by atoms with Crippen LogP contribution in [-0.2, 0) is 35.2 Å². The van der Waals surface area contributed by atoms with Gasteiger partial charge in [-0.25, -0.2) is 0 Å². The summed E-state index contributed by atoms with van der Waals surface area (Å²) in [5, 5.41) is 13.9. The van der Waals surface area contributed by atoms with Gasteiger partial charge in [-0.15, -0.1) is 16.8 Å². The van der Waals surface area contributed by atoms with E-state index in [9.17, 15) is 22.8 Å². The van der Waals surface area contributed by atoms with Gasteiger partial charge in [-0.1, -0.05) is 49.0 Å².